The highest BCUT2D eigenvalue weighted by atomic mass is 16.4. The van der Waals surface area contributed by atoms with Gasteiger partial charge in [-0.1, -0.05) is 13.8 Å². The molecule has 0 spiro atoms. The van der Waals surface area contributed by atoms with E-state index >= 15 is 0 Å². The molecule has 0 saturated carbocycles. The number of piperidine rings is 2. The lowest BCUT2D eigenvalue weighted by Gasteiger charge is -2.44. The molecule has 2 rings (SSSR count). The number of carboxylic acid groups (broad SMARTS) is 1. The average Bonchev–Trinajstić information content (AvgIpc) is 2.44. The normalized spacial score (nSPS) is 29.1. The number of nitrogens with one attached hydrogen (secondary N) is 1. The Hall–Kier alpha value is -1.10. The molecule has 2 aliphatic heterocycles. The van der Waals surface area contributed by atoms with E-state index < -0.39 is 12.0 Å². The minimum absolute atomic E-state index is 0.0146. The zero-order chi connectivity index (χ0) is 15.5. The van der Waals surface area contributed by atoms with Gasteiger partial charge in [-0.25, -0.2) is 4.79 Å². The molecular formula is C16H28N2O3. The molecule has 120 valence electrons. The highest BCUT2D eigenvalue weighted by Gasteiger charge is 2.44. The fraction of sp³-hybridized carbons (Fsp3) is 0.875. The first-order valence-corrected chi connectivity index (χ1v) is 8.15. The van der Waals surface area contributed by atoms with Crippen molar-refractivity contribution in [1.82, 2.24) is 10.2 Å². The van der Waals surface area contributed by atoms with Crippen molar-refractivity contribution in [2.24, 2.45) is 11.3 Å². The summed E-state index contributed by atoms with van der Waals surface area (Å²) >= 11 is 0. The van der Waals surface area contributed by atoms with Gasteiger partial charge in [0.05, 0.1) is 0 Å². The summed E-state index contributed by atoms with van der Waals surface area (Å²) in [6, 6.07) is -0.678. The van der Waals surface area contributed by atoms with Crippen molar-refractivity contribution in [3.05, 3.63) is 0 Å². The van der Waals surface area contributed by atoms with Crippen LogP contribution in [0.25, 0.3) is 0 Å². The second kappa shape index (κ2) is 6.77. The maximum absolute atomic E-state index is 12.5. The second-order valence-corrected chi connectivity index (χ2v) is 7.17. The Morgan fingerprint density at radius 1 is 1.33 bits per heavy atom. The van der Waals surface area contributed by atoms with Gasteiger partial charge < -0.3 is 15.3 Å². The molecule has 1 amide bonds. The van der Waals surface area contributed by atoms with Gasteiger partial charge >= 0.3 is 5.97 Å². The van der Waals surface area contributed by atoms with Crippen LogP contribution in [0.15, 0.2) is 0 Å². The summed E-state index contributed by atoms with van der Waals surface area (Å²) in [5.41, 5.74) is -0.341. The van der Waals surface area contributed by atoms with E-state index in [-0.39, 0.29) is 11.3 Å². The summed E-state index contributed by atoms with van der Waals surface area (Å²) in [4.78, 5) is 25.7. The Morgan fingerprint density at radius 2 is 2.10 bits per heavy atom. The first kappa shape index (κ1) is 16.3. The molecule has 5 heteroatoms. The van der Waals surface area contributed by atoms with E-state index in [0.29, 0.717) is 18.9 Å². The molecule has 0 aliphatic carbocycles. The zero-order valence-corrected chi connectivity index (χ0v) is 13.2. The number of nitrogens with zero attached hydrogens (tertiary/aromatic N) is 1. The molecule has 2 fully saturated rings. The van der Waals surface area contributed by atoms with E-state index in [1.54, 1.807) is 4.90 Å². The Kier molecular flexibility index (Phi) is 5.25. The third kappa shape index (κ3) is 3.96. The lowest BCUT2D eigenvalue weighted by Crippen LogP contribution is -2.56. The molecule has 0 aromatic heterocycles. The van der Waals surface area contributed by atoms with Gasteiger partial charge in [-0.05, 0) is 56.5 Å². The van der Waals surface area contributed by atoms with Crippen molar-refractivity contribution in [2.75, 3.05) is 19.6 Å². The van der Waals surface area contributed by atoms with Crippen molar-refractivity contribution in [3.8, 4) is 0 Å². The van der Waals surface area contributed by atoms with Crippen molar-refractivity contribution in [2.45, 2.75) is 58.4 Å². The van der Waals surface area contributed by atoms with Crippen LogP contribution in [0.5, 0.6) is 0 Å². The summed E-state index contributed by atoms with van der Waals surface area (Å²) in [6.07, 6.45) is 5.45. The van der Waals surface area contributed by atoms with Crippen LogP contribution in [-0.4, -0.2) is 47.6 Å². The molecule has 0 aromatic rings. The second-order valence-electron chi connectivity index (χ2n) is 7.17. The molecule has 0 radical (unpaired) electrons. The fourth-order valence-corrected chi connectivity index (χ4v) is 3.77. The van der Waals surface area contributed by atoms with E-state index in [2.05, 4.69) is 5.32 Å². The van der Waals surface area contributed by atoms with Crippen LogP contribution in [0.1, 0.15) is 52.4 Å². The summed E-state index contributed by atoms with van der Waals surface area (Å²) in [7, 11) is 0. The van der Waals surface area contributed by atoms with Gasteiger partial charge in [0, 0.05) is 13.0 Å². The molecule has 2 aliphatic rings. The molecule has 2 saturated heterocycles. The summed E-state index contributed by atoms with van der Waals surface area (Å²) in [6.45, 7) is 6.56. The van der Waals surface area contributed by atoms with Gasteiger partial charge in [-0.15, -0.1) is 0 Å². The third-order valence-corrected chi connectivity index (χ3v) is 4.99. The molecule has 2 atom stereocenters. The van der Waals surface area contributed by atoms with Crippen LogP contribution in [0.3, 0.4) is 0 Å². The minimum Gasteiger partial charge on any atom is -0.480 e. The number of carbonyl (C=O) groups is 2. The highest BCUT2D eigenvalue weighted by molar-refractivity contribution is 5.84. The first-order valence-electron chi connectivity index (χ1n) is 8.15. The molecule has 21 heavy (non-hydrogen) atoms. The van der Waals surface area contributed by atoms with Gasteiger partial charge in [0.25, 0.3) is 0 Å². The Labute approximate surface area is 127 Å². The number of aliphatic carboxylic acids is 1. The predicted octanol–water partition coefficient (Wildman–Crippen LogP) is 1.87. The maximum atomic E-state index is 12.5. The molecule has 0 bridgehead atoms. The number of carbonyl (C=O) groups excluding carboxylic acids is 1. The highest BCUT2D eigenvalue weighted by Crippen LogP contribution is 2.35. The van der Waals surface area contributed by atoms with Gasteiger partial charge in [0.1, 0.15) is 6.04 Å². The van der Waals surface area contributed by atoms with Gasteiger partial charge in [-0.2, -0.15) is 0 Å². The van der Waals surface area contributed by atoms with Gasteiger partial charge in [-0.3, -0.25) is 4.79 Å². The number of rotatable bonds is 4. The van der Waals surface area contributed by atoms with E-state index in [9.17, 15) is 14.7 Å². The number of carboxylic acids is 1. The molecule has 0 aromatic carbocycles. The summed E-state index contributed by atoms with van der Waals surface area (Å²) < 4.78 is 0. The van der Waals surface area contributed by atoms with E-state index in [1.165, 1.54) is 12.8 Å². The predicted molar refractivity (Wildman–Crippen MR) is 81.0 cm³/mol. The van der Waals surface area contributed by atoms with Crippen molar-refractivity contribution in [1.29, 1.82) is 0 Å². The monoisotopic (exact) mass is 296 g/mol. The van der Waals surface area contributed by atoms with Crippen molar-refractivity contribution in [3.63, 3.8) is 0 Å². The quantitative estimate of drug-likeness (QED) is 0.831. The topological polar surface area (TPSA) is 69.6 Å². The summed E-state index contributed by atoms with van der Waals surface area (Å²) in [5, 5.41) is 12.9. The SMILES string of the molecule is CC1(C)CCCN(C(=O)CCC2CCCNC2)C1C(=O)O. The zero-order valence-electron chi connectivity index (χ0n) is 13.2. The number of likely N-dealkylation sites (tertiary alicyclic amines) is 1. The average molecular weight is 296 g/mol. The molecule has 2 N–H and O–H groups in total. The van der Waals surface area contributed by atoms with Crippen LogP contribution in [0, 0.1) is 11.3 Å². The summed E-state index contributed by atoms with van der Waals surface area (Å²) in [5.74, 6) is -0.295. The minimum atomic E-state index is -0.868. The number of amides is 1. The van der Waals surface area contributed by atoms with E-state index in [4.69, 9.17) is 0 Å². The maximum Gasteiger partial charge on any atom is 0.326 e. The molecular weight excluding hydrogens is 268 g/mol. The third-order valence-electron chi connectivity index (χ3n) is 4.99. The van der Waals surface area contributed by atoms with Crippen LogP contribution in [0.4, 0.5) is 0 Å². The fourth-order valence-electron chi connectivity index (χ4n) is 3.77. The van der Waals surface area contributed by atoms with Crippen LogP contribution in [-0.2, 0) is 9.59 Å². The van der Waals surface area contributed by atoms with Gasteiger partial charge in [0.15, 0.2) is 0 Å². The van der Waals surface area contributed by atoms with Crippen LogP contribution < -0.4 is 5.32 Å². The molecule has 2 unspecified atom stereocenters. The lowest BCUT2D eigenvalue weighted by atomic mass is 9.76. The number of hydrogen-bond donors (Lipinski definition) is 2. The van der Waals surface area contributed by atoms with Crippen LogP contribution >= 0.6 is 0 Å². The van der Waals surface area contributed by atoms with E-state index in [0.717, 1.165) is 32.4 Å². The van der Waals surface area contributed by atoms with Crippen molar-refractivity contribution < 1.29 is 14.7 Å². The Balaban J connectivity index is 1.94. The largest absolute Gasteiger partial charge is 0.480 e. The standard InChI is InChI=1S/C16H28N2O3/c1-16(2)8-4-10-18(14(16)15(20)21)13(19)7-6-12-5-3-9-17-11-12/h12,14,17H,3-11H2,1-2H3,(H,20,21). The molecule has 5 nitrogen and oxygen atoms in total. The number of hydrogen-bond acceptors (Lipinski definition) is 3. The lowest BCUT2D eigenvalue weighted by molar-refractivity contribution is -0.159. The first-order chi connectivity index (χ1) is 9.92. The smallest absolute Gasteiger partial charge is 0.326 e. The Bertz CT molecular complexity index is 389. The van der Waals surface area contributed by atoms with Crippen molar-refractivity contribution >= 4 is 11.9 Å². The Morgan fingerprint density at radius 3 is 2.71 bits per heavy atom. The van der Waals surface area contributed by atoms with Crippen LogP contribution in [0.2, 0.25) is 0 Å². The van der Waals surface area contributed by atoms with Gasteiger partial charge in [0.2, 0.25) is 5.91 Å². The van der Waals surface area contributed by atoms with E-state index in [1.807, 2.05) is 13.8 Å². The molecule has 2 heterocycles.